The Balaban J connectivity index is 2.22. The fourth-order valence-corrected chi connectivity index (χ4v) is 2.99. The van der Waals surface area contributed by atoms with Crippen LogP contribution in [-0.2, 0) is 6.42 Å². The van der Waals surface area contributed by atoms with Crippen molar-refractivity contribution in [1.29, 1.82) is 0 Å². The highest BCUT2D eigenvalue weighted by Gasteiger charge is 2.13. The molecule has 1 unspecified atom stereocenters. The lowest BCUT2D eigenvalue weighted by Gasteiger charge is -2.20. The minimum Gasteiger partial charge on any atom is -0.310 e. The van der Waals surface area contributed by atoms with Crippen molar-refractivity contribution in [3.63, 3.8) is 0 Å². The van der Waals surface area contributed by atoms with Gasteiger partial charge >= 0.3 is 0 Å². The summed E-state index contributed by atoms with van der Waals surface area (Å²) >= 11 is 14.6. The summed E-state index contributed by atoms with van der Waals surface area (Å²) < 4.78 is 1.08. The van der Waals surface area contributed by atoms with Crippen LogP contribution in [0.25, 0.3) is 0 Å². The van der Waals surface area contributed by atoms with E-state index in [1.54, 1.807) is 0 Å². The van der Waals surface area contributed by atoms with Crippen LogP contribution in [-0.4, -0.2) is 6.54 Å². The Kier molecular flexibility index (Phi) is 6.80. The van der Waals surface area contributed by atoms with Gasteiger partial charge in [-0.15, -0.1) is 0 Å². The maximum atomic E-state index is 6.26. The van der Waals surface area contributed by atoms with Crippen molar-refractivity contribution < 1.29 is 0 Å². The number of nitrogens with one attached hydrogen (secondary N) is 1. The van der Waals surface area contributed by atoms with Gasteiger partial charge in [-0.3, -0.25) is 0 Å². The van der Waals surface area contributed by atoms with Gasteiger partial charge in [-0.1, -0.05) is 48.3 Å². The van der Waals surface area contributed by atoms with E-state index in [9.17, 15) is 0 Å². The van der Waals surface area contributed by atoms with Crippen molar-refractivity contribution in [2.75, 3.05) is 6.54 Å². The molecule has 0 saturated heterocycles. The standard InChI is InChI=1S/C17H18Cl2IN/c1-2-8-21-17(10-12-4-3-5-14(18)9-12)13-6-7-16(20)15(19)11-13/h3-7,9,11,17,21H,2,8,10H2,1H3. The van der Waals surface area contributed by atoms with E-state index in [1.165, 1.54) is 11.1 Å². The van der Waals surface area contributed by atoms with Crippen LogP contribution in [0.3, 0.4) is 0 Å². The average Bonchev–Trinajstić information content (AvgIpc) is 2.46. The van der Waals surface area contributed by atoms with Crippen LogP contribution in [0.5, 0.6) is 0 Å². The number of hydrogen-bond donors (Lipinski definition) is 1. The highest BCUT2D eigenvalue weighted by molar-refractivity contribution is 14.1. The molecule has 112 valence electrons. The van der Waals surface area contributed by atoms with Crippen molar-refractivity contribution in [2.45, 2.75) is 25.8 Å². The second kappa shape index (κ2) is 8.37. The zero-order valence-electron chi connectivity index (χ0n) is 11.9. The molecule has 2 aromatic rings. The van der Waals surface area contributed by atoms with E-state index in [4.69, 9.17) is 23.2 Å². The SMILES string of the molecule is CCCNC(Cc1cccc(Cl)c1)c1ccc(I)c(Cl)c1. The zero-order valence-corrected chi connectivity index (χ0v) is 15.5. The molecule has 1 atom stereocenters. The van der Waals surface area contributed by atoms with E-state index in [0.717, 1.165) is 33.0 Å². The van der Waals surface area contributed by atoms with E-state index >= 15 is 0 Å². The average molecular weight is 434 g/mol. The first-order chi connectivity index (χ1) is 10.1. The van der Waals surface area contributed by atoms with Crippen LogP contribution in [0.1, 0.15) is 30.5 Å². The fourth-order valence-electron chi connectivity index (χ4n) is 2.26. The van der Waals surface area contributed by atoms with Crippen LogP contribution in [0.4, 0.5) is 0 Å². The Hall–Kier alpha value is -0.290. The first-order valence-electron chi connectivity index (χ1n) is 7.03. The molecule has 0 aliphatic heterocycles. The van der Waals surface area contributed by atoms with Gasteiger partial charge in [-0.05, 0) is 77.4 Å². The lowest BCUT2D eigenvalue weighted by molar-refractivity contribution is 0.529. The maximum absolute atomic E-state index is 6.26. The lowest BCUT2D eigenvalue weighted by atomic mass is 9.99. The van der Waals surface area contributed by atoms with Crippen molar-refractivity contribution in [2.24, 2.45) is 0 Å². The Morgan fingerprint density at radius 3 is 2.62 bits per heavy atom. The third-order valence-corrected chi connectivity index (χ3v) is 5.12. The molecule has 0 heterocycles. The zero-order chi connectivity index (χ0) is 15.2. The monoisotopic (exact) mass is 433 g/mol. The first kappa shape index (κ1) is 17.1. The van der Waals surface area contributed by atoms with Gasteiger partial charge in [0.15, 0.2) is 0 Å². The molecule has 0 radical (unpaired) electrons. The highest BCUT2D eigenvalue weighted by Crippen LogP contribution is 2.26. The van der Waals surface area contributed by atoms with Crippen LogP contribution in [0.2, 0.25) is 10.0 Å². The quantitative estimate of drug-likeness (QED) is 0.560. The summed E-state index contributed by atoms with van der Waals surface area (Å²) in [7, 11) is 0. The molecule has 0 bridgehead atoms. The molecule has 1 N–H and O–H groups in total. The molecule has 21 heavy (non-hydrogen) atoms. The van der Waals surface area contributed by atoms with Gasteiger partial charge in [0.25, 0.3) is 0 Å². The summed E-state index contributed by atoms with van der Waals surface area (Å²) in [5.41, 5.74) is 2.44. The molecular weight excluding hydrogens is 416 g/mol. The Morgan fingerprint density at radius 2 is 1.95 bits per heavy atom. The topological polar surface area (TPSA) is 12.0 Å². The van der Waals surface area contributed by atoms with E-state index in [-0.39, 0.29) is 6.04 Å². The summed E-state index contributed by atoms with van der Waals surface area (Å²) in [6.45, 7) is 3.15. The smallest absolute Gasteiger partial charge is 0.0542 e. The van der Waals surface area contributed by atoms with Gasteiger partial charge in [-0.2, -0.15) is 0 Å². The largest absolute Gasteiger partial charge is 0.310 e. The summed E-state index contributed by atoms with van der Waals surface area (Å²) in [5.74, 6) is 0. The van der Waals surface area contributed by atoms with Crippen molar-refractivity contribution in [3.8, 4) is 0 Å². The Morgan fingerprint density at radius 1 is 1.14 bits per heavy atom. The summed E-state index contributed by atoms with van der Waals surface area (Å²) in [6.07, 6.45) is 2.00. The van der Waals surface area contributed by atoms with E-state index in [0.29, 0.717) is 0 Å². The van der Waals surface area contributed by atoms with Gasteiger partial charge < -0.3 is 5.32 Å². The molecule has 0 aliphatic carbocycles. The van der Waals surface area contributed by atoms with Gasteiger partial charge in [0, 0.05) is 14.6 Å². The van der Waals surface area contributed by atoms with Crippen molar-refractivity contribution >= 4 is 45.8 Å². The Bertz CT molecular complexity index is 601. The molecule has 0 fully saturated rings. The van der Waals surface area contributed by atoms with Crippen LogP contribution in [0, 0.1) is 3.57 Å². The van der Waals surface area contributed by atoms with Gasteiger partial charge in [0.2, 0.25) is 0 Å². The molecule has 1 nitrogen and oxygen atoms in total. The number of benzene rings is 2. The van der Waals surface area contributed by atoms with Crippen LogP contribution < -0.4 is 5.32 Å². The normalized spacial score (nSPS) is 12.4. The minimum atomic E-state index is 0.248. The fraction of sp³-hybridized carbons (Fsp3) is 0.294. The summed E-state index contributed by atoms with van der Waals surface area (Å²) in [5, 5.41) is 5.18. The second-order valence-corrected chi connectivity index (χ2v) is 7.02. The van der Waals surface area contributed by atoms with Crippen LogP contribution in [0.15, 0.2) is 42.5 Å². The van der Waals surface area contributed by atoms with Gasteiger partial charge in [0.05, 0.1) is 5.02 Å². The third-order valence-electron chi connectivity index (χ3n) is 3.32. The molecular formula is C17H18Cl2IN. The molecule has 2 aromatic carbocycles. The third kappa shape index (κ3) is 5.13. The van der Waals surface area contributed by atoms with Crippen molar-refractivity contribution in [1.82, 2.24) is 5.32 Å². The predicted octanol–water partition coefficient (Wildman–Crippen LogP) is 5.88. The summed E-state index contributed by atoms with van der Waals surface area (Å²) in [4.78, 5) is 0. The molecule has 0 aromatic heterocycles. The lowest BCUT2D eigenvalue weighted by Crippen LogP contribution is -2.24. The Labute approximate surface area is 150 Å². The van der Waals surface area contributed by atoms with Crippen molar-refractivity contribution in [3.05, 3.63) is 67.2 Å². The number of rotatable bonds is 6. The van der Waals surface area contributed by atoms with Crippen LogP contribution >= 0.6 is 45.8 Å². The molecule has 4 heteroatoms. The first-order valence-corrected chi connectivity index (χ1v) is 8.86. The number of hydrogen-bond acceptors (Lipinski definition) is 1. The molecule has 2 rings (SSSR count). The highest BCUT2D eigenvalue weighted by atomic mass is 127. The molecule has 0 aliphatic rings. The van der Waals surface area contributed by atoms with E-state index < -0.39 is 0 Å². The predicted molar refractivity (Wildman–Crippen MR) is 100 cm³/mol. The van der Waals surface area contributed by atoms with Gasteiger partial charge in [-0.25, -0.2) is 0 Å². The maximum Gasteiger partial charge on any atom is 0.0542 e. The number of halogens is 3. The summed E-state index contributed by atoms with van der Waals surface area (Å²) in [6, 6.07) is 14.6. The van der Waals surface area contributed by atoms with E-state index in [2.05, 4.69) is 59.1 Å². The minimum absolute atomic E-state index is 0.248. The molecule has 0 saturated carbocycles. The van der Waals surface area contributed by atoms with Gasteiger partial charge in [0.1, 0.15) is 0 Å². The molecule has 0 amide bonds. The molecule has 0 spiro atoms. The second-order valence-electron chi connectivity index (χ2n) is 5.01. The van der Waals surface area contributed by atoms with E-state index in [1.807, 2.05) is 18.2 Å².